The lowest BCUT2D eigenvalue weighted by atomic mass is 9.90. The lowest BCUT2D eigenvalue weighted by Gasteiger charge is -2.31. The van der Waals surface area contributed by atoms with Crippen molar-refractivity contribution in [3.8, 4) is 0 Å². The van der Waals surface area contributed by atoms with E-state index in [1.807, 2.05) is 6.33 Å². The van der Waals surface area contributed by atoms with Gasteiger partial charge in [0, 0.05) is 31.6 Å². The van der Waals surface area contributed by atoms with E-state index in [-0.39, 0.29) is 0 Å². The Kier molecular flexibility index (Phi) is 2.69. The first-order valence-corrected chi connectivity index (χ1v) is 6.37. The third kappa shape index (κ3) is 1.66. The van der Waals surface area contributed by atoms with Crippen molar-refractivity contribution in [3.63, 3.8) is 0 Å². The molecule has 4 heteroatoms. The fraction of sp³-hybridized carbons (Fsp3) is 0.750. The number of nitrogens with two attached hydrogens (primary N) is 1. The van der Waals surface area contributed by atoms with Gasteiger partial charge in [0.05, 0.1) is 17.7 Å². The number of aromatic nitrogens is 2. The zero-order valence-electron chi connectivity index (χ0n) is 9.65. The Labute approximate surface area is 96.2 Å². The fourth-order valence-electron chi connectivity index (χ4n) is 3.01. The van der Waals surface area contributed by atoms with Gasteiger partial charge >= 0.3 is 0 Å². The number of nitrogens with one attached hydrogen (secondary N) is 1. The Balaban J connectivity index is 1.90. The van der Waals surface area contributed by atoms with E-state index < -0.39 is 0 Å². The Morgan fingerprint density at radius 1 is 1.38 bits per heavy atom. The maximum atomic E-state index is 6.23. The molecular weight excluding hydrogens is 200 g/mol. The molecule has 0 spiro atoms. The second-order valence-corrected chi connectivity index (χ2v) is 4.99. The van der Waals surface area contributed by atoms with Crippen molar-refractivity contribution in [2.75, 3.05) is 6.54 Å². The van der Waals surface area contributed by atoms with Crippen LogP contribution >= 0.6 is 0 Å². The average molecular weight is 220 g/mol. The molecular formula is C12H20N4. The van der Waals surface area contributed by atoms with Gasteiger partial charge in [-0.25, -0.2) is 4.98 Å². The van der Waals surface area contributed by atoms with Crippen LogP contribution in [-0.2, 0) is 13.0 Å². The largest absolute Gasteiger partial charge is 0.328 e. The van der Waals surface area contributed by atoms with Crippen molar-refractivity contribution in [2.45, 2.75) is 50.7 Å². The predicted octanol–water partition coefficient (Wildman–Crippen LogP) is 0.971. The van der Waals surface area contributed by atoms with E-state index in [1.165, 1.54) is 30.7 Å². The van der Waals surface area contributed by atoms with E-state index in [9.17, 15) is 0 Å². The van der Waals surface area contributed by atoms with Crippen LogP contribution in [0.25, 0.3) is 0 Å². The monoisotopic (exact) mass is 220 g/mol. The molecule has 0 aromatic carbocycles. The summed E-state index contributed by atoms with van der Waals surface area (Å²) in [4.78, 5) is 4.53. The van der Waals surface area contributed by atoms with Crippen LogP contribution in [0.2, 0.25) is 0 Å². The lowest BCUT2D eigenvalue weighted by Crippen LogP contribution is -2.36. The first-order chi connectivity index (χ1) is 7.86. The summed E-state index contributed by atoms with van der Waals surface area (Å²) in [6.07, 6.45) is 8.03. The van der Waals surface area contributed by atoms with Gasteiger partial charge in [-0.3, -0.25) is 0 Å². The molecule has 2 unspecified atom stereocenters. The first kappa shape index (κ1) is 10.3. The van der Waals surface area contributed by atoms with Crippen molar-refractivity contribution >= 4 is 0 Å². The highest BCUT2D eigenvalue weighted by atomic mass is 15.1. The molecule has 1 aliphatic carbocycles. The summed E-state index contributed by atoms with van der Waals surface area (Å²) in [6.45, 7) is 2.01. The van der Waals surface area contributed by atoms with Gasteiger partial charge in [0.15, 0.2) is 0 Å². The quantitative estimate of drug-likeness (QED) is 0.741. The topological polar surface area (TPSA) is 55.9 Å². The maximum Gasteiger partial charge on any atom is 0.0955 e. The molecule has 2 aliphatic rings. The molecule has 0 radical (unpaired) electrons. The van der Waals surface area contributed by atoms with Crippen LogP contribution < -0.4 is 11.1 Å². The van der Waals surface area contributed by atoms with E-state index >= 15 is 0 Å². The minimum atomic E-state index is 0.314. The van der Waals surface area contributed by atoms with Crippen LogP contribution in [0.15, 0.2) is 6.33 Å². The molecule has 2 atom stereocenters. The highest BCUT2D eigenvalue weighted by molar-refractivity contribution is 5.17. The van der Waals surface area contributed by atoms with Crippen LogP contribution in [0.3, 0.4) is 0 Å². The Morgan fingerprint density at radius 2 is 2.25 bits per heavy atom. The van der Waals surface area contributed by atoms with Gasteiger partial charge in [-0.15, -0.1) is 0 Å². The summed E-state index contributed by atoms with van der Waals surface area (Å²) in [5.74, 6) is 0. The zero-order chi connectivity index (χ0) is 11.0. The predicted molar refractivity (Wildman–Crippen MR) is 63.1 cm³/mol. The molecule has 4 nitrogen and oxygen atoms in total. The summed E-state index contributed by atoms with van der Waals surface area (Å²) in [6, 6.07) is 0.791. The SMILES string of the molecule is NC1CCCCC1n1cnc2c1CNCC2. The Hall–Kier alpha value is -0.870. The number of imidazole rings is 1. The molecule has 3 rings (SSSR count). The summed E-state index contributed by atoms with van der Waals surface area (Å²) in [7, 11) is 0. The molecule has 3 N–H and O–H groups in total. The van der Waals surface area contributed by atoms with E-state index in [0.717, 1.165) is 25.9 Å². The van der Waals surface area contributed by atoms with Gasteiger partial charge in [0.1, 0.15) is 0 Å². The minimum Gasteiger partial charge on any atom is -0.328 e. The van der Waals surface area contributed by atoms with Gasteiger partial charge < -0.3 is 15.6 Å². The molecule has 1 aliphatic heterocycles. The zero-order valence-corrected chi connectivity index (χ0v) is 9.65. The van der Waals surface area contributed by atoms with Crippen molar-refractivity contribution in [1.82, 2.24) is 14.9 Å². The molecule has 1 fully saturated rings. The van der Waals surface area contributed by atoms with E-state index in [2.05, 4.69) is 14.9 Å². The van der Waals surface area contributed by atoms with Gasteiger partial charge in [-0.1, -0.05) is 12.8 Å². The Bertz CT molecular complexity index is 371. The van der Waals surface area contributed by atoms with Crippen LogP contribution in [0.5, 0.6) is 0 Å². The first-order valence-electron chi connectivity index (χ1n) is 6.37. The van der Waals surface area contributed by atoms with Crippen molar-refractivity contribution in [2.24, 2.45) is 5.73 Å². The van der Waals surface area contributed by atoms with Crippen LogP contribution in [0, 0.1) is 0 Å². The number of hydrogen-bond acceptors (Lipinski definition) is 3. The summed E-state index contributed by atoms with van der Waals surface area (Å²) >= 11 is 0. The Morgan fingerprint density at radius 3 is 3.12 bits per heavy atom. The van der Waals surface area contributed by atoms with Crippen LogP contribution in [0.4, 0.5) is 0 Å². The lowest BCUT2D eigenvalue weighted by molar-refractivity contribution is 0.298. The average Bonchev–Trinajstić information content (AvgIpc) is 2.74. The van der Waals surface area contributed by atoms with Gasteiger partial charge in [0.25, 0.3) is 0 Å². The highest BCUT2D eigenvalue weighted by Gasteiger charge is 2.26. The maximum absolute atomic E-state index is 6.23. The van der Waals surface area contributed by atoms with Crippen molar-refractivity contribution in [1.29, 1.82) is 0 Å². The van der Waals surface area contributed by atoms with Crippen LogP contribution in [-0.4, -0.2) is 22.1 Å². The molecule has 0 bridgehead atoms. The number of hydrogen-bond donors (Lipinski definition) is 2. The van der Waals surface area contributed by atoms with E-state index in [0.29, 0.717) is 12.1 Å². The van der Waals surface area contributed by atoms with E-state index in [1.54, 1.807) is 0 Å². The van der Waals surface area contributed by atoms with Crippen molar-refractivity contribution < 1.29 is 0 Å². The summed E-state index contributed by atoms with van der Waals surface area (Å²) < 4.78 is 2.34. The second kappa shape index (κ2) is 4.18. The smallest absolute Gasteiger partial charge is 0.0955 e. The molecule has 2 heterocycles. The van der Waals surface area contributed by atoms with Crippen molar-refractivity contribution in [3.05, 3.63) is 17.7 Å². The van der Waals surface area contributed by atoms with E-state index in [4.69, 9.17) is 5.73 Å². The van der Waals surface area contributed by atoms with Gasteiger partial charge in [-0.2, -0.15) is 0 Å². The number of nitrogens with zero attached hydrogens (tertiary/aromatic N) is 2. The normalized spacial score (nSPS) is 30.1. The number of rotatable bonds is 1. The molecule has 0 saturated heterocycles. The molecule has 1 aromatic heterocycles. The molecule has 0 amide bonds. The highest BCUT2D eigenvalue weighted by Crippen LogP contribution is 2.29. The fourth-order valence-corrected chi connectivity index (χ4v) is 3.01. The molecule has 16 heavy (non-hydrogen) atoms. The third-order valence-electron chi connectivity index (χ3n) is 3.95. The summed E-state index contributed by atoms with van der Waals surface area (Å²) in [5, 5.41) is 3.42. The van der Waals surface area contributed by atoms with Gasteiger partial charge in [0.2, 0.25) is 0 Å². The van der Waals surface area contributed by atoms with Gasteiger partial charge in [-0.05, 0) is 12.8 Å². The molecule has 88 valence electrons. The second-order valence-electron chi connectivity index (χ2n) is 4.99. The number of fused-ring (bicyclic) bond motifs is 1. The third-order valence-corrected chi connectivity index (χ3v) is 3.95. The molecule has 1 saturated carbocycles. The standard InChI is InChI=1S/C12H20N4/c13-9-3-1-2-4-11(9)16-8-15-10-5-6-14-7-12(10)16/h8-9,11,14H,1-7,13H2. The minimum absolute atomic E-state index is 0.314. The van der Waals surface area contributed by atoms with Crippen LogP contribution in [0.1, 0.15) is 43.1 Å². The summed E-state index contributed by atoms with van der Waals surface area (Å²) in [5.41, 5.74) is 8.88. The molecule has 1 aromatic rings.